The highest BCUT2D eigenvalue weighted by atomic mass is 15.3. The van der Waals surface area contributed by atoms with E-state index in [-0.39, 0.29) is 0 Å². The van der Waals surface area contributed by atoms with Crippen molar-refractivity contribution in [2.45, 2.75) is 20.8 Å². The normalized spacial score (nSPS) is 15.2. The van der Waals surface area contributed by atoms with E-state index < -0.39 is 0 Å². The van der Waals surface area contributed by atoms with Crippen LogP contribution in [0, 0.1) is 6.92 Å². The zero-order valence-electron chi connectivity index (χ0n) is 16.4. The standard InChI is InChI=1S/C20H30N6/c1-5-25(6-2)17-7-8-18(16(3)15-17)22-20-21-10-9-19(23-20)26-13-11-24(4)12-14-26/h7-10,15H,5-6,11-14H2,1-4H3,(H,21,22,23). The molecule has 3 rings (SSSR count). The summed E-state index contributed by atoms with van der Waals surface area (Å²) in [4.78, 5) is 16.1. The molecule has 6 nitrogen and oxygen atoms in total. The second-order valence-electron chi connectivity index (χ2n) is 6.83. The van der Waals surface area contributed by atoms with E-state index in [1.165, 1.54) is 11.3 Å². The Balaban J connectivity index is 1.74. The van der Waals surface area contributed by atoms with Crippen molar-refractivity contribution in [1.29, 1.82) is 0 Å². The van der Waals surface area contributed by atoms with Crippen LogP contribution in [-0.4, -0.2) is 61.2 Å². The summed E-state index contributed by atoms with van der Waals surface area (Å²) >= 11 is 0. The lowest BCUT2D eigenvalue weighted by molar-refractivity contribution is 0.312. The first-order valence-corrected chi connectivity index (χ1v) is 9.50. The maximum Gasteiger partial charge on any atom is 0.229 e. The number of hydrogen-bond acceptors (Lipinski definition) is 6. The third-order valence-electron chi connectivity index (χ3n) is 5.05. The van der Waals surface area contributed by atoms with E-state index >= 15 is 0 Å². The lowest BCUT2D eigenvalue weighted by Crippen LogP contribution is -2.44. The molecule has 1 saturated heterocycles. The van der Waals surface area contributed by atoms with E-state index in [2.05, 4.69) is 71.0 Å². The molecular formula is C20H30N6. The molecule has 1 aromatic heterocycles. The molecule has 2 heterocycles. The predicted molar refractivity (Wildman–Crippen MR) is 110 cm³/mol. The SMILES string of the molecule is CCN(CC)c1ccc(Nc2nccc(N3CCN(C)CC3)n2)c(C)c1. The molecular weight excluding hydrogens is 324 g/mol. The van der Waals surface area contributed by atoms with Gasteiger partial charge in [-0.15, -0.1) is 0 Å². The van der Waals surface area contributed by atoms with Gasteiger partial charge in [-0.1, -0.05) is 0 Å². The first kappa shape index (κ1) is 18.5. The van der Waals surface area contributed by atoms with Crippen molar-refractivity contribution in [3.63, 3.8) is 0 Å². The van der Waals surface area contributed by atoms with E-state index in [4.69, 9.17) is 4.98 Å². The quantitative estimate of drug-likeness (QED) is 0.860. The van der Waals surface area contributed by atoms with E-state index in [1.807, 2.05) is 12.3 Å². The fourth-order valence-electron chi connectivity index (χ4n) is 3.32. The van der Waals surface area contributed by atoms with E-state index in [0.29, 0.717) is 5.95 Å². The first-order chi connectivity index (χ1) is 12.6. The van der Waals surface area contributed by atoms with Crippen molar-refractivity contribution >= 4 is 23.1 Å². The second kappa shape index (κ2) is 8.36. The molecule has 2 aromatic rings. The molecule has 1 aromatic carbocycles. The topological polar surface area (TPSA) is 47.5 Å². The summed E-state index contributed by atoms with van der Waals surface area (Å²) in [5.74, 6) is 1.65. The third kappa shape index (κ3) is 4.25. The molecule has 0 spiro atoms. The minimum absolute atomic E-state index is 0.653. The van der Waals surface area contributed by atoms with Gasteiger partial charge in [0.15, 0.2) is 0 Å². The molecule has 0 bridgehead atoms. The Morgan fingerprint density at radius 2 is 1.81 bits per heavy atom. The molecule has 0 amide bonds. The third-order valence-corrected chi connectivity index (χ3v) is 5.05. The Kier molecular flexibility index (Phi) is 5.93. The van der Waals surface area contributed by atoms with Crippen molar-refractivity contribution in [1.82, 2.24) is 14.9 Å². The number of anilines is 4. The van der Waals surface area contributed by atoms with Gasteiger partial charge in [0.25, 0.3) is 0 Å². The average Bonchev–Trinajstić information content (AvgIpc) is 2.66. The molecule has 6 heteroatoms. The Labute approximate surface area is 156 Å². The highest BCUT2D eigenvalue weighted by molar-refractivity contribution is 5.64. The number of aryl methyl sites for hydroxylation is 1. The van der Waals surface area contributed by atoms with Crippen molar-refractivity contribution < 1.29 is 0 Å². The van der Waals surface area contributed by atoms with Crippen molar-refractivity contribution in [3.8, 4) is 0 Å². The average molecular weight is 355 g/mol. The lowest BCUT2D eigenvalue weighted by Gasteiger charge is -2.33. The number of likely N-dealkylation sites (N-methyl/N-ethyl adjacent to an activating group) is 1. The van der Waals surface area contributed by atoms with Gasteiger partial charge in [-0.2, -0.15) is 4.98 Å². The van der Waals surface area contributed by atoms with Crippen LogP contribution in [0.25, 0.3) is 0 Å². The molecule has 1 N–H and O–H groups in total. The second-order valence-corrected chi connectivity index (χ2v) is 6.83. The number of hydrogen-bond donors (Lipinski definition) is 1. The zero-order valence-corrected chi connectivity index (χ0v) is 16.4. The van der Waals surface area contributed by atoms with Crippen LogP contribution in [0.15, 0.2) is 30.5 Å². The van der Waals surface area contributed by atoms with E-state index in [1.54, 1.807) is 0 Å². The number of piperazine rings is 1. The summed E-state index contributed by atoms with van der Waals surface area (Å²) in [5, 5.41) is 3.38. The Morgan fingerprint density at radius 3 is 2.46 bits per heavy atom. The molecule has 0 saturated carbocycles. The van der Waals surface area contributed by atoms with Crippen LogP contribution >= 0.6 is 0 Å². The Bertz CT molecular complexity index is 720. The largest absolute Gasteiger partial charge is 0.372 e. The fraction of sp³-hybridized carbons (Fsp3) is 0.500. The number of aromatic nitrogens is 2. The predicted octanol–water partition coefficient (Wildman–Crippen LogP) is 3.13. The van der Waals surface area contributed by atoms with Crippen LogP contribution in [0.4, 0.5) is 23.1 Å². The molecule has 140 valence electrons. The molecule has 1 fully saturated rings. The van der Waals surface area contributed by atoms with Crippen LogP contribution in [0.3, 0.4) is 0 Å². The van der Waals surface area contributed by atoms with Gasteiger partial charge < -0.3 is 20.0 Å². The van der Waals surface area contributed by atoms with Crippen LogP contribution in [0.5, 0.6) is 0 Å². The molecule has 0 radical (unpaired) electrons. The lowest BCUT2D eigenvalue weighted by atomic mass is 10.1. The molecule has 1 aliphatic heterocycles. The van der Waals surface area contributed by atoms with Gasteiger partial charge >= 0.3 is 0 Å². The monoisotopic (exact) mass is 354 g/mol. The summed E-state index contributed by atoms with van der Waals surface area (Å²) in [6.45, 7) is 12.7. The van der Waals surface area contributed by atoms with Gasteiger partial charge in [-0.3, -0.25) is 0 Å². The maximum absolute atomic E-state index is 4.72. The molecule has 1 aliphatic rings. The minimum atomic E-state index is 0.653. The summed E-state index contributed by atoms with van der Waals surface area (Å²) in [7, 11) is 2.16. The summed E-state index contributed by atoms with van der Waals surface area (Å²) < 4.78 is 0. The van der Waals surface area contributed by atoms with Gasteiger partial charge in [0.05, 0.1) is 0 Å². The highest BCUT2D eigenvalue weighted by Gasteiger charge is 2.16. The number of nitrogens with zero attached hydrogens (tertiary/aromatic N) is 5. The van der Waals surface area contributed by atoms with Gasteiger partial charge in [0, 0.05) is 56.8 Å². The van der Waals surface area contributed by atoms with Gasteiger partial charge in [0.2, 0.25) is 5.95 Å². The van der Waals surface area contributed by atoms with Crippen LogP contribution in [0.1, 0.15) is 19.4 Å². The van der Waals surface area contributed by atoms with Crippen molar-refractivity contribution in [2.75, 3.05) is 61.4 Å². The summed E-state index contributed by atoms with van der Waals surface area (Å²) in [6.07, 6.45) is 1.84. The van der Waals surface area contributed by atoms with E-state index in [9.17, 15) is 0 Å². The fourth-order valence-corrected chi connectivity index (χ4v) is 3.32. The van der Waals surface area contributed by atoms with Crippen LogP contribution in [0.2, 0.25) is 0 Å². The molecule has 0 atom stereocenters. The first-order valence-electron chi connectivity index (χ1n) is 9.50. The Hall–Kier alpha value is -2.34. The zero-order chi connectivity index (χ0) is 18.5. The van der Waals surface area contributed by atoms with E-state index in [0.717, 1.165) is 50.8 Å². The Morgan fingerprint density at radius 1 is 1.08 bits per heavy atom. The number of rotatable bonds is 6. The van der Waals surface area contributed by atoms with Crippen molar-refractivity contribution in [3.05, 3.63) is 36.0 Å². The summed E-state index contributed by atoms with van der Waals surface area (Å²) in [6, 6.07) is 8.49. The van der Waals surface area contributed by atoms with Crippen LogP contribution in [-0.2, 0) is 0 Å². The van der Waals surface area contributed by atoms with Crippen molar-refractivity contribution in [2.24, 2.45) is 0 Å². The number of benzene rings is 1. The summed E-state index contributed by atoms with van der Waals surface area (Å²) in [5.41, 5.74) is 3.50. The molecule has 26 heavy (non-hydrogen) atoms. The van der Waals surface area contributed by atoms with Crippen LogP contribution < -0.4 is 15.1 Å². The maximum atomic E-state index is 4.72. The highest BCUT2D eigenvalue weighted by Crippen LogP contribution is 2.25. The minimum Gasteiger partial charge on any atom is -0.372 e. The van der Waals surface area contributed by atoms with Gasteiger partial charge in [-0.25, -0.2) is 4.98 Å². The van der Waals surface area contributed by atoms with Gasteiger partial charge in [0.1, 0.15) is 5.82 Å². The molecule has 0 unspecified atom stereocenters. The number of nitrogens with one attached hydrogen (secondary N) is 1. The smallest absolute Gasteiger partial charge is 0.229 e. The van der Waals surface area contributed by atoms with Gasteiger partial charge in [-0.05, 0) is 57.6 Å². The molecule has 0 aliphatic carbocycles.